The van der Waals surface area contributed by atoms with Crippen molar-refractivity contribution >= 4 is 12.1 Å². The van der Waals surface area contributed by atoms with E-state index in [1.165, 1.54) is 0 Å². The van der Waals surface area contributed by atoms with Gasteiger partial charge in [-0.05, 0) is 34.6 Å². The van der Waals surface area contributed by atoms with Gasteiger partial charge in [-0.1, -0.05) is 0 Å². The highest BCUT2D eigenvalue weighted by molar-refractivity contribution is 5.75. The number of nitrogens with one attached hydrogen (secondary N) is 1. The molecule has 2 aliphatic heterocycles. The summed E-state index contributed by atoms with van der Waals surface area (Å²) in [7, 11) is 0. The molecule has 1 N–H and O–H groups in total. The Morgan fingerprint density at radius 3 is 2.23 bits per heavy atom. The molecule has 0 bridgehead atoms. The molecule has 0 aromatic carbocycles. The van der Waals surface area contributed by atoms with Gasteiger partial charge in [0.2, 0.25) is 0 Å². The van der Waals surface area contributed by atoms with E-state index in [4.69, 9.17) is 9.47 Å². The molecule has 2 atom stereocenters. The van der Waals surface area contributed by atoms with E-state index in [2.05, 4.69) is 10.2 Å². The zero-order chi connectivity index (χ0) is 19.3. The van der Waals surface area contributed by atoms with Gasteiger partial charge in [-0.15, -0.1) is 0 Å². The van der Waals surface area contributed by atoms with E-state index in [-0.39, 0.29) is 24.2 Å². The highest BCUT2D eigenvalue weighted by Gasteiger charge is 2.37. The number of hydrogen-bond donors (Lipinski definition) is 1. The molecule has 0 aromatic rings. The van der Waals surface area contributed by atoms with Crippen LogP contribution in [0.25, 0.3) is 0 Å². The molecule has 0 saturated carbocycles. The Morgan fingerprint density at radius 1 is 1.04 bits per heavy atom. The fraction of sp³-hybridized carbons (Fsp3) is 0.889. The fourth-order valence-electron chi connectivity index (χ4n) is 3.26. The van der Waals surface area contributed by atoms with E-state index in [0.717, 1.165) is 32.8 Å². The average molecular weight is 370 g/mol. The van der Waals surface area contributed by atoms with Gasteiger partial charge in [0.25, 0.3) is 0 Å². The average Bonchev–Trinajstić information content (AvgIpc) is 2.56. The van der Waals surface area contributed by atoms with Crippen molar-refractivity contribution in [1.82, 2.24) is 20.0 Å². The third-order valence-electron chi connectivity index (χ3n) is 4.96. The van der Waals surface area contributed by atoms with E-state index in [1.54, 1.807) is 4.90 Å². The van der Waals surface area contributed by atoms with Crippen LogP contribution in [0.1, 0.15) is 34.6 Å². The van der Waals surface area contributed by atoms with Crippen molar-refractivity contribution in [2.24, 2.45) is 0 Å². The second-order valence-electron chi connectivity index (χ2n) is 8.03. The molecule has 26 heavy (non-hydrogen) atoms. The van der Waals surface area contributed by atoms with E-state index in [9.17, 15) is 9.59 Å². The molecular weight excluding hydrogens is 336 g/mol. The molecule has 2 heterocycles. The number of nitrogens with zero attached hydrogens (tertiary/aromatic N) is 3. The number of carbonyl (C=O) groups is 2. The van der Waals surface area contributed by atoms with Crippen LogP contribution in [0, 0.1) is 0 Å². The smallest absolute Gasteiger partial charge is 0.410 e. The highest BCUT2D eigenvalue weighted by Crippen LogP contribution is 2.20. The lowest BCUT2D eigenvalue weighted by molar-refractivity contribution is -0.00556. The Hall–Kier alpha value is -1.54. The standard InChI is InChI=1S/C18H34N4O4/c1-14-15(2)22(17(24)26-18(3,4)5)9-8-21(14)16(23)19-6-7-20-10-12-25-13-11-20/h14-15H,6-13H2,1-5H3,(H,19,23)/t14-,15-/m0/s1. The Bertz CT molecular complexity index is 488. The first kappa shape index (κ1) is 20.8. The number of morpholine rings is 1. The number of carbonyl (C=O) groups excluding carboxylic acids is 2. The van der Waals surface area contributed by atoms with Gasteiger partial charge in [0, 0.05) is 39.3 Å². The van der Waals surface area contributed by atoms with Gasteiger partial charge in [0.05, 0.1) is 25.3 Å². The lowest BCUT2D eigenvalue weighted by Crippen LogP contribution is -2.62. The highest BCUT2D eigenvalue weighted by atomic mass is 16.6. The van der Waals surface area contributed by atoms with Crippen LogP contribution in [0.2, 0.25) is 0 Å². The molecule has 2 rings (SSSR count). The minimum atomic E-state index is -0.520. The van der Waals surface area contributed by atoms with Crippen LogP contribution in [-0.4, -0.2) is 97.0 Å². The molecule has 2 fully saturated rings. The Labute approximate surface area is 156 Å². The minimum absolute atomic E-state index is 0.0681. The SMILES string of the molecule is C[C@H]1[C@H](C)N(C(=O)OC(C)(C)C)CCN1C(=O)NCCN1CCOCC1. The molecule has 0 aliphatic carbocycles. The van der Waals surface area contributed by atoms with Crippen molar-refractivity contribution in [1.29, 1.82) is 0 Å². The molecule has 0 spiro atoms. The molecule has 150 valence electrons. The molecule has 8 heteroatoms. The van der Waals surface area contributed by atoms with Gasteiger partial charge < -0.3 is 24.6 Å². The lowest BCUT2D eigenvalue weighted by Gasteiger charge is -2.44. The van der Waals surface area contributed by atoms with Gasteiger partial charge in [-0.2, -0.15) is 0 Å². The first-order chi connectivity index (χ1) is 12.2. The quantitative estimate of drug-likeness (QED) is 0.812. The van der Waals surface area contributed by atoms with Gasteiger partial charge in [0.1, 0.15) is 5.60 Å². The molecule has 0 aromatic heterocycles. The summed E-state index contributed by atoms with van der Waals surface area (Å²) in [4.78, 5) is 30.7. The number of amides is 3. The van der Waals surface area contributed by atoms with Crippen molar-refractivity contribution in [2.75, 3.05) is 52.5 Å². The third-order valence-corrected chi connectivity index (χ3v) is 4.96. The molecule has 0 radical (unpaired) electrons. The first-order valence-corrected chi connectivity index (χ1v) is 9.53. The molecular formula is C18H34N4O4. The van der Waals surface area contributed by atoms with Gasteiger partial charge in [-0.3, -0.25) is 4.90 Å². The third kappa shape index (κ3) is 5.74. The van der Waals surface area contributed by atoms with E-state index < -0.39 is 5.60 Å². The van der Waals surface area contributed by atoms with Crippen molar-refractivity contribution < 1.29 is 19.1 Å². The minimum Gasteiger partial charge on any atom is -0.444 e. The summed E-state index contributed by atoms with van der Waals surface area (Å²) < 4.78 is 10.8. The monoisotopic (exact) mass is 370 g/mol. The van der Waals surface area contributed by atoms with Crippen LogP contribution in [0.3, 0.4) is 0 Å². The van der Waals surface area contributed by atoms with Gasteiger partial charge in [-0.25, -0.2) is 9.59 Å². The van der Waals surface area contributed by atoms with Gasteiger partial charge in [0.15, 0.2) is 0 Å². The van der Waals surface area contributed by atoms with Crippen LogP contribution in [0.4, 0.5) is 9.59 Å². The molecule has 8 nitrogen and oxygen atoms in total. The molecule has 3 amide bonds. The van der Waals surface area contributed by atoms with E-state index in [0.29, 0.717) is 19.6 Å². The second-order valence-corrected chi connectivity index (χ2v) is 8.03. The summed E-state index contributed by atoms with van der Waals surface area (Å²) in [5.41, 5.74) is -0.520. The molecule has 2 saturated heterocycles. The van der Waals surface area contributed by atoms with E-state index in [1.807, 2.05) is 39.5 Å². The topological polar surface area (TPSA) is 74.4 Å². The van der Waals surface area contributed by atoms with Crippen molar-refractivity contribution in [3.63, 3.8) is 0 Å². The summed E-state index contributed by atoms with van der Waals surface area (Å²) >= 11 is 0. The normalized spacial score (nSPS) is 25.1. The van der Waals surface area contributed by atoms with Gasteiger partial charge >= 0.3 is 12.1 Å². The Balaban J connectivity index is 1.80. The van der Waals surface area contributed by atoms with Crippen molar-refractivity contribution in [3.05, 3.63) is 0 Å². The molecule has 0 unspecified atom stereocenters. The zero-order valence-corrected chi connectivity index (χ0v) is 16.8. The Kier molecular flexibility index (Phi) is 7.11. The maximum Gasteiger partial charge on any atom is 0.410 e. The van der Waals surface area contributed by atoms with Crippen molar-refractivity contribution in [2.45, 2.75) is 52.3 Å². The number of piperazine rings is 1. The fourth-order valence-corrected chi connectivity index (χ4v) is 3.26. The van der Waals surface area contributed by atoms with Crippen molar-refractivity contribution in [3.8, 4) is 0 Å². The number of ether oxygens (including phenoxy) is 2. The first-order valence-electron chi connectivity index (χ1n) is 9.53. The van der Waals surface area contributed by atoms with Crippen LogP contribution in [-0.2, 0) is 9.47 Å². The maximum atomic E-state index is 12.5. The molecule has 2 aliphatic rings. The maximum absolute atomic E-state index is 12.5. The Morgan fingerprint density at radius 2 is 1.62 bits per heavy atom. The number of urea groups is 1. The van der Waals surface area contributed by atoms with Crippen LogP contribution >= 0.6 is 0 Å². The second kappa shape index (κ2) is 8.90. The number of rotatable bonds is 3. The summed E-state index contributed by atoms with van der Waals surface area (Å²) in [6.07, 6.45) is -0.316. The number of hydrogen-bond acceptors (Lipinski definition) is 5. The van der Waals surface area contributed by atoms with Crippen LogP contribution in [0.5, 0.6) is 0 Å². The summed E-state index contributed by atoms with van der Waals surface area (Å²) in [6, 6.07) is -0.232. The predicted molar refractivity (Wildman–Crippen MR) is 99.2 cm³/mol. The lowest BCUT2D eigenvalue weighted by atomic mass is 10.1. The summed E-state index contributed by atoms with van der Waals surface area (Å²) in [5.74, 6) is 0. The van der Waals surface area contributed by atoms with Crippen LogP contribution in [0.15, 0.2) is 0 Å². The summed E-state index contributed by atoms with van der Waals surface area (Å²) in [5, 5.41) is 3.00. The predicted octanol–water partition coefficient (Wildman–Crippen LogP) is 1.36. The summed E-state index contributed by atoms with van der Waals surface area (Å²) in [6.45, 7) is 15.3. The zero-order valence-electron chi connectivity index (χ0n) is 16.8. The largest absolute Gasteiger partial charge is 0.444 e. The van der Waals surface area contributed by atoms with Crippen LogP contribution < -0.4 is 5.32 Å². The van der Waals surface area contributed by atoms with E-state index >= 15 is 0 Å².